The summed E-state index contributed by atoms with van der Waals surface area (Å²) in [6.45, 7) is 3.32. The third-order valence-electron chi connectivity index (χ3n) is 3.39. The molecule has 1 aliphatic carbocycles. The molecule has 1 aliphatic rings. The van der Waals surface area contributed by atoms with Gasteiger partial charge in [0, 0.05) is 4.83 Å². The molecule has 0 bridgehead atoms. The highest BCUT2D eigenvalue weighted by Crippen LogP contribution is 2.47. The van der Waals surface area contributed by atoms with Crippen LogP contribution in [0.1, 0.15) is 26.7 Å². The molecule has 0 spiro atoms. The quantitative estimate of drug-likeness (QED) is 0.618. The van der Waals surface area contributed by atoms with Crippen LogP contribution in [-0.4, -0.2) is 27.0 Å². The third-order valence-corrected chi connectivity index (χ3v) is 4.57. The maximum atomic E-state index is 11.4. The molecular weight excluding hydrogens is 276 g/mol. The van der Waals surface area contributed by atoms with Gasteiger partial charge in [0.25, 0.3) is 0 Å². The van der Waals surface area contributed by atoms with Crippen molar-refractivity contribution in [3.8, 4) is 0 Å². The first-order valence-corrected chi connectivity index (χ1v) is 6.00. The lowest BCUT2D eigenvalue weighted by Gasteiger charge is -2.40. The molecular formula is C11H15BrO4. The van der Waals surface area contributed by atoms with Crippen molar-refractivity contribution in [2.75, 3.05) is 0 Å². The molecule has 16 heavy (non-hydrogen) atoms. The first kappa shape index (κ1) is 13.2. The van der Waals surface area contributed by atoms with Crippen LogP contribution < -0.4 is 0 Å². The summed E-state index contributed by atoms with van der Waals surface area (Å²) in [6, 6.07) is 0. The van der Waals surface area contributed by atoms with E-state index in [1.165, 1.54) is 0 Å². The average Bonchev–Trinajstić information content (AvgIpc) is 2.21. The van der Waals surface area contributed by atoms with Gasteiger partial charge in [-0.1, -0.05) is 35.0 Å². The monoisotopic (exact) mass is 290 g/mol. The molecule has 90 valence electrons. The van der Waals surface area contributed by atoms with Crippen molar-refractivity contribution in [2.45, 2.75) is 31.5 Å². The summed E-state index contributed by atoms with van der Waals surface area (Å²) in [4.78, 5) is 22.2. The second-order valence-corrected chi connectivity index (χ2v) is 5.46. The topological polar surface area (TPSA) is 74.6 Å². The molecule has 0 amide bonds. The first-order valence-electron chi connectivity index (χ1n) is 5.09. The van der Waals surface area contributed by atoms with Crippen LogP contribution in [0.25, 0.3) is 0 Å². The average molecular weight is 291 g/mol. The van der Waals surface area contributed by atoms with Gasteiger partial charge in [0.15, 0.2) is 0 Å². The number of aliphatic carboxylic acids is 2. The molecule has 3 unspecified atom stereocenters. The van der Waals surface area contributed by atoms with E-state index < -0.39 is 22.8 Å². The highest BCUT2D eigenvalue weighted by molar-refractivity contribution is 9.09. The maximum absolute atomic E-state index is 11.4. The molecule has 0 aromatic carbocycles. The van der Waals surface area contributed by atoms with Crippen LogP contribution in [0.4, 0.5) is 0 Å². The van der Waals surface area contributed by atoms with Crippen molar-refractivity contribution in [3.63, 3.8) is 0 Å². The van der Waals surface area contributed by atoms with Crippen molar-refractivity contribution in [2.24, 2.45) is 10.8 Å². The van der Waals surface area contributed by atoms with Crippen molar-refractivity contribution >= 4 is 27.9 Å². The molecule has 4 nitrogen and oxygen atoms in total. The molecule has 0 aliphatic heterocycles. The normalized spacial score (nSPS) is 38.3. The van der Waals surface area contributed by atoms with Gasteiger partial charge in [0.1, 0.15) is 0 Å². The number of rotatable bonds is 3. The van der Waals surface area contributed by atoms with Gasteiger partial charge in [0.05, 0.1) is 10.8 Å². The van der Waals surface area contributed by atoms with Crippen LogP contribution in [0.2, 0.25) is 0 Å². The molecule has 2 N–H and O–H groups in total. The first-order chi connectivity index (χ1) is 7.28. The van der Waals surface area contributed by atoms with E-state index in [1.54, 1.807) is 26.0 Å². The summed E-state index contributed by atoms with van der Waals surface area (Å²) in [6.07, 6.45) is 3.71. The Kier molecular flexibility index (Phi) is 3.47. The zero-order valence-corrected chi connectivity index (χ0v) is 10.8. The van der Waals surface area contributed by atoms with Crippen molar-refractivity contribution < 1.29 is 19.8 Å². The van der Waals surface area contributed by atoms with Crippen LogP contribution in [0.5, 0.6) is 0 Å². The summed E-state index contributed by atoms with van der Waals surface area (Å²) in [5.74, 6) is -1.93. The van der Waals surface area contributed by atoms with Gasteiger partial charge in [-0.05, 0) is 19.8 Å². The Morgan fingerprint density at radius 2 is 2.00 bits per heavy atom. The molecule has 0 saturated carbocycles. The molecule has 1 rings (SSSR count). The fourth-order valence-corrected chi connectivity index (χ4v) is 2.94. The fraction of sp³-hybridized carbons (Fsp3) is 0.636. The highest BCUT2D eigenvalue weighted by Gasteiger charge is 2.51. The number of carboxylic acid groups (broad SMARTS) is 2. The van der Waals surface area contributed by atoms with Gasteiger partial charge < -0.3 is 10.2 Å². The van der Waals surface area contributed by atoms with Gasteiger partial charge in [-0.15, -0.1) is 0 Å². The van der Waals surface area contributed by atoms with Gasteiger partial charge in [-0.25, -0.2) is 0 Å². The summed E-state index contributed by atoms with van der Waals surface area (Å²) < 4.78 is 0. The summed E-state index contributed by atoms with van der Waals surface area (Å²) in [7, 11) is 0. The molecule has 3 atom stereocenters. The number of carbonyl (C=O) groups is 2. The van der Waals surface area contributed by atoms with Crippen molar-refractivity contribution in [1.29, 1.82) is 0 Å². The maximum Gasteiger partial charge on any atom is 0.313 e. The lowest BCUT2D eigenvalue weighted by molar-refractivity contribution is -0.155. The van der Waals surface area contributed by atoms with E-state index in [-0.39, 0.29) is 11.2 Å². The van der Waals surface area contributed by atoms with Crippen LogP contribution in [0.15, 0.2) is 12.2 Å². The lowest BCUT2D eigenvalue weighted by atomic mass is 9.65. The van der Waals surface area contributed by atoms with E-state index in [2.05, 4.69) is 15.9 Å². The Hall–Kier alpha value is -0.840. The number of halogens is 1. The molecule has 5 heteroatoms. The predicted octanol–water partition coefficient (Wildman–Crippen LogP) is 2.28. The van der Waals surface area contributed by atoms with Gasteiger partial charge >= 0.3 is 11.9 Å². The minimum absolute atomic E-state index is 0.105. The summed E-state index contributed by atoms with van der Waals surface area (Å²) in [5, 5.41) is 18.5. The molecule has 0 aromatic heterocycles. The molecule has 0 saturated heterocycles. The van der Waals surface area contributed by atoms with Crippen LogP contribution in [-0.2, 0) is 9.59 Å². The fourth-order valence-electron chi connectivity index (χ4n) is 2.10. The van der Waals surface area contributed by atoms with E-state index in [0.717, 1.165) is 0 Å². The Morgan fingerprint density at radius 3 is 2.38 bits per heavy atom. The minimum Gasteiger partial charge on any atom is -0.481 e. The second kappa shape index (κ2) is 4.20. The molecule has 0 radical (unpaired) electrons. The van der Waals surface area contributed by atoms with Crippen molar-refractivity contribution in [3.05, 3.63) is 12.2 Å². The van der Waals surface area contributed by atoms with Crippen LogP contribution >= 0.6 is 15.9 Å². The Labute approximate surface area is 102 Å². The van der Waals surface area contributed by atoms with Crippen LogP contribution in [0, 0.1) is 10.8 Å². The largest absolute Gasteiger partial charge is 0.481 e. The smallest absolute Gasteiger partial charge is 0.313 e. The van der Waals surface area contributed by atoms with Crippen LogP contribution in [0.3, 0.4) is 0 Å². The third kappa shape index (κ3) is 1.88. The molecule has 0 fully saturated rings. The van der Waals surface area contributed by atoms with Gasteiger partial charge in [0.2, 0.25) is 0 Å². The number of hydrogen-bond donors (Lipinski definition) is 2. The number of hydrogen-bond acceptors (Lipinski definition) is 2. The van der Waals surface area contributed by atoms with E-state index in [4.69, 9.17) is 5.11 Å². The molecule has 0 aromatic rings. The zero-order chi connectivity index (χ0) is 12.6. The summed E-state index contributed by atoms with van der Waals surface area (Å²) >= 11 is 3.31. The van der Waals surface area contributed by atoms with E-state index in [0.29, 0.717) is 6.42 Å². The standard InChI is InChI=1S/C11H15BrO4/c1-3-11(9(15)16)6-10(2,8(13)14)5-4-7(11)12/h4-5,7H,3,6H2,1-2H3,(H,13,14)(H,15,16). The number of carboxylic acids is 2. The lowest BCUT2D eigenvalue weighted by Crippen LogP contribution is -2.47. The molecule has 0 heterocycles. The Balaban J connectivity index is 3.20. The Bertz CT molecular complexity index is 352. The second-order valence-electron chi connectivity index (χ2n) is 4.48. The Morgan fingerprint density at radius 1 is 1.44 bits per heavy atom. The zero-order valence-electron chi connectivity index (χ0n) is 9.24. The van der Waals surface area contributed by atoms with Gasteiger partial charge in [-0.2, -0.15) is 0 Å². The van der Waals surface area contributed by atoms with Crippen molar-refractivity contribution in [1.82, 2.24) is 0 Å². The summed E-state index contributed by atoms with van der Waals surface area (Å²) in [5.41, 5.74) is -2.14. The predicted molar refractivity (Wildman–Crippen MR) is 62.6 cm³/mol. The minimum atomic E-state index is -1.10. The number of allylic oxidation sites excluding steroid dienone is 1. The SMILES string of the molecule is CCC1(C(=O)O)CC(C)(C(=O)O)C=CC1Br. The van der Waals surface area contributed by atoms with E-state index >= 15 is 0 Å². The van der Waals surface area contributed by atoms with Gasteiger partial charge in [-0.3, -0.25) is 9.59 Å². The van der Waals surface area contributed by atoms with E-state index in [9.17, 15) is 14.7 Å². The highest BCUT2D eigenvalue weighted by atomic mass is 79.9. The van der Waals surface area contributed by atoms with E-state index in [1.807, 2.05) is 0 Å². The number of alkyl halides is 1.